The Kier molecular flexibility index (Phi) is 2.87. The van der Waals surface area contributed by atoms with Crippen LogP contribution in [0.25, 0.3) is 0 Å². The van der Waals surface area contributed by atoms with Crippen LogP contribution < -0.4 is 4.90 Å². The van der Waals surface area contributed by atoms with Gasteiger partial charge in [-0.25, -0.2) is 0 Å². The number of carbonyl (C=O) groups is 3. The maximum Gasteiger partial charge on any atom is 0.238 e. The van der Waals surface area contributed by atoms with E-state index >= 15 is 0 Å². The molecule has 5 nitrogen and oxygen atoms in total. The molecule has 2 amide bonds. The summed E-state index contributed by atoms with van der Waals surface area (Å²) < 4.78 is 6.26. The second-order valence-electron chi connectivity index (χ2n) is 9.26. The van der Waals surface area contributed by atoms with Crippen LogP contribution in [0.1, 0.15) is 20.3 Å². The van der Waals surface area contributed by atoms with Gasteiger partial charge >= 0.3 is 0 Å². The van der Waals surface area contributed by atoms with E-state index in [4.69, 9.17) is 4.74 Å². The van der Waals surface area contributed by atoms with Gasteiger partial charge in [0.05, 0.1) is 23.6 Å². The van der Waals surface area contributed by atoms with Crippen molar-refractivity contribution in [2.45, 2.75) is 32.5 Å². The van der Waals surface area contributed by atoms with Crippen LogP contribution >= 0.6 is 0 Å². The Balaban J connectivity index is 1.53. The number of hydrogen-bond donors (Lipinski definition) is 0. The second kappa shape index (κ2) is 4.90. The molecule has 2 aliphatic carbocycles. The summed E-state index contributed by atoms with van der Waals surface area (Å²) in [6, 6.07) is 9.09. The van der Waals surface area contributed by atoms with Crippen molar-refractivity contribution in [2.24, 2.45) is 28.6 Å². The highest BCUT2D eigenvalue weighted by atomic mass is 16.5. The third kappa shape index (κ3) is 1.62. The topological polar surface area (TPSA) is 63.7 Å². The SMILES string of the molecule is CC1(C)C2=C[C@@H]3C[C@]2([C@@H]2C(=O)N(c4ccccc4)C(=O)[C@H]32)[C@H]2O[C@@H]1C=CC2=O. The number of ether oxygens (including phenoxy) is 1. The maximum absolute atomic E-state index is 13.6. The summed E-state index contributed by atoms with van der Waals surface area (Å²) in [7, 11) is 0. The Labute approximate surface area is 163 Å². The molecule has 2 saturated heterocycles. The summed E-state index contributed by atoms with van der Waals surface area (Å²) in [5, 5.41) is 0. The zero-order valence-electron chi connectivity index (χ0n) is 15.8. The predicted octanol–water partition coefficient (Wildman–Crippen LogP) is 2.67. The minimum absolute atomic E-state index is 0.0137. The maximum atomic E-state index is 13.6. The Morgan fingerprint density at radius 1 is 1.07 bits per heavy atom. The van der Waals surface area contributed by atoms with Crippen molar-refractivity contribution >= 4 is 23.3 Å². The molecule has 0 unspecified atom stereocenters. The molecule has 28 heavy (non-hydrogen) atoms. The highest BCUT2D eigenvalue weighted by molar-refractivity contribution is 6.23. The summed E-state index contributed by atoms with van der Waals surface area (Å²) >= 11 is 0. The van der Waals surface area contributed by atoms with Gasteiger partial charge in [0.25, 0.3) is 0 Å². The highest BCUT2D eigenvalue weighted by Gasteiger charge is 2.75. The van der Waals surface area contributed by atoms with Gasteiger partial charge in [-0.15, -0.1) is 0 Å². The summed E-state index contributed by atoms with van der Waals surface area (Å²) in [6.07, 6.45) is 5.45. The lowest BCUT2D eigenvalue weighted by molar-refractivity contribution is -0.168. The molecule has 1 spiro atoms. The minimum Gasteiger partial charge on any atom is -0.361 e. The second-order valence-corrected chi connectivity index (χ2v) is 9.26. The van der Waals surface area contributed by atoms with E-state index < -0.39 is 23.4 Å². The molecule has 0 N–H and O–H groups in total. The fourth-order valence-corrected chi connectivity index (χ4v) is 6.64. The molecule has 5 heteroatoms. The third-order valence-corrected chi connectivity index (χ3v) is 7.69. The molecule has 1 aromatic carbocycles. The lowest BCUT2D eigenvalue weighted by Gasteiger charge is -2.55. The van der Waals surface area contributed by atoms with E-state index in [1.54, 1.807) is 18.2 Å². The van der Waals surface area contributed by atoms with Gasteiger partial charge in [-0.3, -0.25) is 19.3 Å². The number of allylic oxidation sites excluding steroid dienone is 1. The van der Waals surface area contributed by atoms with Crippen molar-refractivity contribution in [1.82, 2.24) is 0 Å². The van der Waals surface area contributed by atoms with Crippen LogP contribution in [0.3, 0.4) is 0 Å². The summed E-state index contributed by atoms with van der Waals surface area (Å²) in [5.41, 5.74) is 0.735. The molecular formula is C23H21NO4. The fraction of sp³-hybridized carbons (Fsp3) is 0.435. The number of nitrogens with zero attached hydrogens (tertiary/aromatic N) is 1. The van der Waals surface area contributed by atoms with Gasteiger partial charge in [0.2, 0.25) is 11.8 Å². The first-order chi connectivity index (χ1) is 13.4. The standard InChI is InChI=1S/C23H21NO4/c1-22(2)15-10-12-11-23(15,19-14(25)8-9-16(22)28-19)18-17(12)20(26)24(21(18)27)13-6-4-3-5-7-13/h3-10,12,16-19H,11H2,1-2H3/t12-,16-,17-,18+,19+,23+/m1/s1. The van der Waals surface area contributed by atoms with Crippen LogP contribution in [0.5, 0.6) is 0 Å². The molecule has 6 atom stereocenters. The van der Waals surface area contributed by atoms with Crippen LogP contribution in [0.2, 0.25) is 0 Å². The van der Waals surface area contributed by atoms with E-state index in [0.29, 0.717) is 12.1 Å². The number of para-hydroxylation sites is 1. The molecule has 3 heterocycles. The van der Waals surface area contributed by atoms with Gasteiger partial charge in [0, 0.05) is 10.8 Å². The van der Waals surface area contributed by atoms with Gasteiger partial charge in [0.15, 0.2) is 5.78 Å². The number of benzene rings is 1. The van der Waals surface area contributed by atoms with Crippen LogP contribution in [-0.2, 0) is 19.1 Å². The van der Waals surface area contributed by atoms with Crippen LogP contribution in [0, 0.1) is 28.6 Å². The largest absolute Gasteiger partial charge is 0.361 e. The van der Waals surface area contributed by atoms with Crippen molar-refractivity contribution in [3.63, 3.8) is 0 Å². The molecule has 1 saturated carbocycles. The van der Waals surface area contributed by atoms with E-state index in [0.717, 1.165) is 5.57 Å². The molecule has 3 fully saturated rings. The number of ketones is 1. The summed E-state index contributed by atoms with van der Waals surface area (Å²) in [5.74, 6) is -1.35. The Hall–Kier alpha value is -2.53. The third-order valence-electron chi connectivity index (χ3n) is 7.69. The molecule has 3 aliphatic heterocycles. The van der Waals surface area contributed by atoms with E-state index in [9.17, 15) is 14.4 Å². The molecule has 6 rings (SSSR count). The smallest absolute Gasteiger partial charge is 0.238 e. The van der Waals surface area contributed by atoms with Gasteiger partial charge in [-0.2, -0.15) is 0 Å². The lowest BCUT2D eigenvalue weighted by atomic mass is 9.55. The quantitative estimate of drug-likeness (QED) is 0.559. The normalized spacial score (nSPS) is 41.9. The van der Waals surface area contributed by atoms with Crippen molar-refractivity contribution in [2.75, 3.05) is 4.90 Å². The first-order valence-corrected chi connectivity index (χ1v) is 9.90. The summed E-state index contributed by atoms with van der Waals surface area (Å²) in [4.78, 5) is 41.1. The Morgan fingerprint density at radius 2 is 1.82 bits per heavy atom. The fourth-order valence-electron chi connectivity index (χ4n) is 6.64. The number of anilines is 1. The Morgan fingerprint density at radius 3 is 2.57 bits per heavy atom. The van der Waals surface area contributed by atoms with Crippen LogP contribution in [0.4, 0.5) is 5.69 Å². The molecule has 1 aromatic rings. The first-order valence-electron chi connectivity index (χ1n) is 9.90. The minimum atomic E-state index is -0.701. The lowest BCUT2D eigenvalue weighted by Crippen LogP contribution is -2.60. The van der Waals surface area contributed by atoms with Gasteiger partial charge in [0.1, 0.15) is 6.10 Å². The zero-order valence-corrected chi connectivity index (χ0v) is 15.8. The van der Waals surface area contributed by atoms with Crippen molar-refractivity contribution in [1.29, 1.82) is 0 Å². The predicted molar refractivity (Wildman–Crippen MR) is 101 cm³/mol. The van der Waals surface area contributed by atoms with E-state index in [1.807, 2.05) is 24.3 Å². The van der Waals surface area contributed by atoms with Gasteiger partial charge < -0.3 is 4.74 Å². The number of hydrogen-bond acceptors (Lipinski definition) is 4. The first kappa shape index (κ1) is 16.4. The zero-order chi connectivity index (χ0) is 19.4. The highest BCUT2D eigenvalue weighted by Crippen LogP contribution is 2.71. The Bertz CT molecular complexity index is 1010. The van der Waals surface area contributed by atoms with Crippen molar-refractivity contribution in [3.05, 3.63) is 54.1 Å². The molecule has 4 bridgehead atoms. The monoisotopic (exact) mass is 375 g/mol. The average molecular weight is 375 g/mol. The number of carbonyl (C=O) groups excluding carboxylic acids is 3. The van der Waals surface area contributed by atoms with E-state index in [2.05, 4.69) is 19.9 Å². The van der Waals surface area contributed by atoms with Gasteiger partial charge in [-0.1, -0.05) is 49.8 Å². The number of imide groups is 1. The average Bonchev–Trinajstić information content (AvgIpc) is 3.31. The molecular weight excluding hydrogens is 354 g/mol. The van der Waals surface area contributed by atoms with Crippen molar-refractivity contribution < 1.29 is 19.1 Å². The van der Waals surface area contributed by atoms with Crippen LogP contribution in [0.15, 0.2) is 54.1 Å². The molecule has 0 radical (unpaired) electrons. The molecule has 142 valence electrons. The number of amides is 2. The summed E-state index contributed by atoms with van der Waals surface area (Å²) in [6.45, 7) is 4.24. The van der Waals surface area contributed by atoms with E-state index in [1.165, 1.54) is 4.90 Å². The molecule has 5 aliphatic rings. The van der Waals surface area contributed by atoms with Crippen molar-refractivity contribution in [3.8, 4) is 0 Å². The van der Waals surface area contributed by atoms with Gasteiger partial charge in [-0.05, 0) is 30.5 Å². The molecule has 0 aromatic heterocycles. The van der Waals surface area contributed by atoms with E-state index in [-0.39, 0.29) is 35.0 Å². The van der Waals surface area contributed by atoms with Crippen LogP contribution in [-0.4, -0.2) is 29.8 Å². The number of fused-ring (bicyclic) bond motifs is 5. The number of rotatable bonds is 1.